The molecule has 1 unspecified atom stereocenters. The molecule has 0 saturated heterocycles. The van der Waals surface area contributed by atoms with Crippen LogP contribution < -0.4 is 10.9 Å². The van der Waals surface area contributed by atoms with Crippen LogP contribution in [0.3, 0.4) is 0 Å². The Morgan fingerprint density at radius 3 is 3.00 bits per heavy atom. The molecule has 1 amide bonds. The predicted octanol–water partition coefficient (Wildman–Crippen LogP) is 1.78. The Morgan fingerprint density at radius 2 is 2.20 bits per heavy atom. The lowest BCUT2D eigenvalue weighted by atomic mass is 10.1. The highest BCUT2D eigenvalue weighted by Gasteiger charge is 2.28. The van der Waals surface area contributed by atoms with Crippen LogP contribution in [0.2, 0.25) is 0 Å². The number of benzene rings is 1. The maximum Gasteiger partial charge on any atom is 0.265 e. The molecule has 25 heavy (non-hydrogen) atoms. The fourth-order valence-electron chi connectivity index (χ4n) is 2.90. The van der Waals surface area contributed by atoms with Crippen molar-refractivity contribution in [3.63, 3.8) is 0 Å². The Kier molecular flexibility index (Phi) is 4.04. The summed E-state index contributed by atoms with van der Waals surface area (Å²) in [6.45, 7) is 2.51. The summed E-state index contributed by atoms with van der Waals surface area (Å²) in [7, 11) is 0. The zero-order valence-electron chi connectivity index (χ0n) is 13.7. The SMILES string of the molecule is Cc1ccc(CNC(=O)CC2CSc3nc4[nH]ncc4c(=O)n32)cc1. The van der Waals surface area contributed by atoms with Gasteiger partial charge in [-0.05, 0) is 12.5 Å². The van der Waals surface area contributed by atoms with Crippen molar-refractivity contribution in [1.29, 1.82) is 0 Å². The molecule has 0 aliphatic carbocycles. The third-order valence-electron chi connectivity index (χ3n) is 4.28. The number of aryl methyl sites for hydroxylation is 1. The van der Waals surface area contributed by atoms with Gasteiger partial charge >= 0.3 is 0 Å². The van der Waals surface area contributed by atoms with Crippen LogP contribution in [0.1, 0.15) is 23.6 Å². The Bertz CT molecular complexity index is 992. The number of hydrogen-bond donors (Lipinski definition) is 2. The number of rotatable bonds is 4. The molecule has 1 aromatic carbocycles. The molecule has 1 aliphatic heterocycles. The average Bonchev–Trinajstić information content (AvgIpc) is 3.22. The molecule has 1 aliphatic rings. The Balaban J connectivity index is 1.47. The van der Waals surface area contributed by atoms with Crippen LogP contribution in [0.15, 0.2) is 40.4 Å². The van der Waals surface area contributed by atoms with Gasteiger partial charge in [-0.2, -0.15) is 5.10 Å². The van der Waals surface area contributed by atoms with Gasteiger partial charge in [-0.3, -0.25) is 19.3 Å². The number of aromatic nitrogens is 4. The molecule has 3 aromatic rings. The van der Waals surface area contributed by atoms with Crippen molar-refractivity contribution < 1.29 is 4.79 Å². The van der Waals surface area contributed by atoms with E-state index in [0.29, 0.717) is 28.5 Å². The molecule has 8 heteroatoms. The Morgan fingerprint density at radius 1 is 1.40 bits per heavy atom. The first-order valence-electron chi connectivity index (χ1n) is 8.02. The normalized spacial score (nSPS) is 16.1. The fraction of sp³-hybridized carbons (Fsp3) is 0.294. The zero-order chi connectivity index (χ0) is 17.4. The zero-order valence-corrected chi connectivity index (χ0v) is 14.5. The van der Waals surface area contributed by atoms with Crippen LogP contribution in [0.4, 0.5) is 0 Å². The van der Waals surface area contributed by atoms with Crippen LogP contribution in [-0.4, -0.2) is 31.4 Å². The van der Waals surface area contributed by atoms with E-state index >= 15 is 0 Å². The molecule has 0 fully saturated rings. The van der Waals surface area contributed by atoms with Gasteiger partial charge in [-0.25, -0.2) is 4.98 Å². The summed E-state index contributed by atoms with van der Waals surface area (Å²) in [5, 5.41) is 10.6. The van der Waals surface area contributed by atoms with E-state index in [4.69, 9.17) is 0 Å². The van der Waals surface area contributed by atoms with E-state index in [9.17, 15) is 9.59 Å². The van der Waals surface area contributed by atoms with Gasteiger partial charge in [0.15, 0.2) is 10.8 Å². The van der Waals surface area contributed by atoms with E-state index in [1.807, 2.05) is 31.2 Å². The second-order valence-electron chi connectivity index (χ2n) is 6.13. The molecule has 2 N–H and O–H groups in total. The summed E-state index contributed by atoms with van der Waals surface area (Å²) in [6, 6.07) is 7.86. The molecule has 128 valence electrons. The number of carbonyl (C=O) groups is 1. The molecular weight excluding hydrogens is 338 g/mol. The summed E-state index contributed by atoms with van der Waals surface area (Å²) in [5.74, 6) is 0.596. The third-order valence-corrected chi connectivity index (χ3v) is 5.38. The number of hydrogen-bond acceptors (Lipinski definition) is 5. The topological polar surface area (TPSA) is 92.7 Å². The number of aromatic amines is 1. The largest absolute Gasteiger partial charge is 0.352 e. The van der Waals surface area contributed by atoms with Crippen LogP contribution >= 0.6 is 11.8 Å². The highest BCUT2D eigenvalue weighted by molar-refractivity contribution is 7.99. The molecule has 3 heterocycles. The second kappa shape index (κ2) is 6.36. The molecule has 0 spiro atoms. The molecular formula is C17H17N5O2S. The maximum atomic E-state index is 12.6. The first kappa shape index (κ1) is 15.9. The van der Waals surface area contributed by atoms with Crippen molar-refractivity contribution >= 4 is 28.7 Å². The van der Waals surface area contributed by atoms with Crippen LogP contribution in [-0.2, 0) is 11.3 Å². The van der Waals surface area contributed by atoms with E-state index in [2.05, 4.69) is 20.5 Å². The fourth-order valence-corrected chi connectivity index (χ4v) is 4.03. The molecule has 2 aromatic heterocycles. The molecule has 0 saturated carbocycles. The van der Waals surface area contributed by atoms with E-state index < -0.39 is 0 Å². The third kappa shape index (κ3) is 3.05. The standard InChI is InChI=1S/C17H17N5O2S/c1-10-2-4-11(5-3-10)7-18-14(23)6-12-9-25-17-20-15-13(8-19-21-15)16(24)22(12)17/h2-5,8,12H,6-7,9H2,1H3,(H,18,23)(H,19,21). The van der Waals surface area contributed by atoms with Crippen molar-refractivity contribution in [2.75, 3.05) is 5.75 Å². The summed E-state index contributed by atoms with van der Waals surface area (Å²) in [6.07, 6.45) is 1.74. The number of fused-ring (bicyclic) bond motifs is 2. The number of thioether (sulfide) groups is 1. The van der Waals surface area contributed by atoms with E-state index in [1.54, 1.807) is 4.57 Å². The van der Waals surface area contributed by atoms with Crippen molar-refractivity contribution in [1.82, 2.24) is 25.1 Å². The Labute approximate surface area is 147 Å². The number of H-pyrrole nitrogens is 1. The van der Waals surface area contributed by atoms with Gasteiger partial charge in [-0.15, -0.1) is 0 Å². The monoisotopic (exact) mass is 355 g/mol. The summed E-state index contributed by atoms with van der Waals surface area (Å²) in [5.41, 5.74) is 2.59. The average molecular weight is 355 g/mol. The van der Waals surface area contributed by atoms with Gasteiger partial charge in [0.05, 0.1) is 12.2 Å². The summed E-state index contributed by atoms with van der Waals surface area (Å²) >= 11 is 1.49. The predicted molar refractivity (Wildman–Crippen MR) is 95.6 cm³/mol. The first-order valence-corrected chi connectivity index (χ1v) is 9.01. The van der Waals surface area contributed by atoms with E-state index in [0.717, 1.165) is 5.56 Å². The van der Waals surface area contributed by atoms with Gasteiger partial charge in [0.1, 0.15) is 5.39 Å². The molecule has 7 nitrogen and oxygen atoms in total. The lowest BCUT2D eigenvalue weighted by Crippen LogP contribution is -2.30. The molecule has 0 radical (unpaired) electrons. The minimum Gasteiger partial charge on any atom is -0.352 e. The van der Waals surface area contributed by atoms with Crippen LogP contribution in [0.5, 0.6) is 0 Å². The number of carbonyl (C=O) groups excluding carboxylic acids is 1. The molecule has 0 bridgehead atoms. The first-order chi connectivity index (χ1) is 12.1. The van der Waals surface area contributed by atoms with Gasteiger partial charge in [-0.1, -0.05) is 41.6 Å². The summed E-state index contributed by atoms with van der Waals surface area (Å²) in [4.78, 5) is 29.3. The Hall–Kier alpha value is -2.61. The molecule has 1 atom stereocenters. The van der Waals surface area contributed by atoms with Gasteiger partial charge < -0.3 is 5.32 Å². The van der Waals surface area contributed by atoms with Crippen molar-refractivity contribution in [3.8, 4) is 0 Å². The van der Waals surface area contributed by atoms with Crippen molar-refractivity contribution in [2.24, 2.45) is 0 Å². The second-order valence-corrected chi connectivity index (χ2v) is 7.12. The minimum absolute atomic E-state index is 0.0711. The molecule has 4 rings (SSSR count). The van der Waals surface area contributed by atoms with Crippen molar-refractivity contribution in [2.45, 2.75) is 31.1 Å². The van der Waals surface area contributed by atoms with Crippen molar-refractivity contribution in [3.05, 3.63) is 51.9 Å². The quantitative estimate of drug-likeness (QED) is 0.696. The number of nitrogens with zero attached hydrogens (tertiary/aromatic N) is 3. The highest BCUT2D eigenvalue weighted by atomic mass is 32.2. The van der Waals surface area contributed by atoms with Crippen LogP contribution in [0, 0.1) is 6.92 Å². The smallest absolute Gasteiger partial charge is 0.265 e. The number of amides is 1. The minimum atomic E-state index is -0.183. The van der Waals surface area contributed by atoms with Crippen LogP contribution in [0.25, 0.3) is 11.0 Å². The van der Waals surface area contributed by atoms with Gasteiger partial charge in [0.2, 0.25) is 5.91 Å². The lowest BCUT2D eigenvalue weighted by Gasteiger charge is -2.13. The highest BCUT2D eigenvalue weighted by Crippen LogP contribution is 2.32. The van der Waals surface area contributed by atoms with Gasteiger partial charge in [0, 0.05) is 18.7 Å². The maximum absolute atomic E-state index is 12.6. The van der Waals surface area contributed by atoms with E-state index in [-0.39, 0.29) is 23.9 Å². The van der Waals surface area contributed by atoms with E-state index in [1.165, 1.54) is 23.5 Å². The lowest BCUT2D eigenvalue weighted by molar-refractivity contribution is -0.121. The summed E-state index contributed by atoms with van der Waals surface area (Å²) < 4.78 is 1.62. The number of nitrogens with one attached hydrogen (secondary N) is 2. The van der Waals surface area contributed by atoms with Gasteiger partial charge in [0.25, 0.3) is 5.56 Å².